The van der Waals surface area contributed by atoms with Gasteiger partial charge in [0.25, 0.3) is 0 Å². The van der Waals surface area contributed by atoms with Crippen LogP contribution in [0.15, 0.2) is 34.1 Å². The number of thiophene rings is 1. The molecule has 2 unspecified atom stereocenters. The van der Waals surface area contributed by atoms with Crippen LogP contribution in [0.4, 0.5) is 0 Å². The van der Waals surface area contributed by atoms with Crippen molar-refractivity contribution in [2.24, 2.45) is 0 Å². The van der Waals surface area contributed by atoms with Crippen LogP contribution in [0.3, 0.4) is 0 Å². The average Bonchev–Trinajstić information content (AvgIpc) is 2.89. The highest BCUT2D eigenvalue weighted by atomic mass is 79.9. The van der Waals surface area contributed by atoms with Crippen LogP contribution in [0.2, 0.25) is 0 Å². The number of fused-ring (bicyclic) bond motifs is 2. The molecule has 1 aromatic heterocycles. The number of aryl methyl sites for hydroxylation is 2. The molecule has 2 atom stereocenters. The molecule has 4 rings (SSSR count). The van der Waals surface area contributed by atoms with E-state index >= 15 is 0 Å². The fraction of sp³-hybridized carbons (Fsp3) is 0.444. The summed E-state index contributed by atoms with van der Waals surface area (Å²) < 4.78 is 1.28. The van der Waals surface area contributed by atoms with Gasteiger partial charge in [-0.05, 0) is 77.2 Å². The van der Waals surface area contributed by atoms with E-state index in [-0.39, 0.29) is 0 Å². The Balaban J connectivity index is 1.60. The third-order valence-electron chi connectivity index (χ3n) is 4.86. The molecule has 2 aromatic rings. The van der Waals surface area contributed by atoms with Gasteiger partial charge in [-0.1, -0.05) is 24.3 Å². The van der Waals surface area contributed by atoms with Crippen LogP contribution in [0, 0.1) is 0 Å². The van der Waals surface area contributed by atoms with E-state index in [9.17, 15) is 0 Å². The highest BCUT2D eigenvalue weighted by molar-refractivity contribution is 9.11. The van der Waals surface area contributed by atoms with E-state index < -0.39 is 0 Å². The zero-order valence-corrected chi connectivity index (χ0v) is 14.5. The second-order valence-electron chi connectivity index (χ2n) is 6.18. The Bertz CT molecular complexity index is 648. The number of benzene rings is 1. The lowest BCUT2D eigenvalue weighted by Gasteiger charge is -2.32. The maximum absolute atomic E-state index is 3.97. The van der Waals surface area contributed by atoms with Crippen LogP contribution >= 0.6 is 27.3 Å². The second kappa shape index (κ2) is 5.86. The molecule has 21 heavy (non-hydrogen) atoms. The fourth-order valence-corrected chi connectivity index (χ4v) is 5.68. The van der Waals surface area contributed by atoms with Gasteiger partial charge in [0.1, 0.15) is 0 Å². The Labute approximate surface area is 138 Å². The minimum Gasteiger partial charge on any atom is -0.303 e. The molecule has 0 spiro atoms. The summed E-state index contributed by atoms with van der Waals surface area (Å²) in [7, 11) is 0. The molecule has 0 aliphatic heterocycles. The van der Waals surface area contributed by atoms with Gasteiger partial charge in [-0.2, -0.15) is 0 Å². The van der Waals surface area contributed by atoms with Gasteiger partial charge in [0.15, 0.2) is 0 Å². The Morgan fingerprint density at radius 1 is 1.00 bits per heavy atom. The highest BCUT2D eigenvalue weighted by Crippen LogP contribution is 2.40. The number of nitrogens with one attached hydrogen (secondary N) is 1. The third-order valence-corrected chi connectivity index (χ3v) is 6.57. The Hall–Kier alpha value is -0.640. The molecular formula is C18H20BrNS. The summed E-state index contributed by atoms with van der Waals surface area (Å²) in [4.78, 5) is 1.58. The Morgan fingerprint density at radius 2 is 1.76 bits per heavy atom. The molecule has 0 radical (unpaired) electrons. The van der Waals surface area contributed by atoms with Crippen molar-refractivity contribution in [3.8, 4) is 0 Å². The SMILES string of the molecule is Brc1cc2c(s1)CCCC2NC1CCCc2ccccc21. The van der Waals surface area contributed by atoms with E-state index in [1.165, 1.54) is 47.9 Å². The van der Waals surface area contributed by atoms with Crippen molar-refractivity contribution in [1.29, 1.82) is 0 Å². The molecule has 110 valence electrons. The quantitative estimate of drug-likeness (QED) is 0.738. The molecule has 1 nitrogen and oxygen atoms in total. The van der Waals surface area contributed by atoms with Crippen LogP contribution in [-0.2, 0) is 12.8 Å². The Kier molecular flexibility index (Phi) is 3.91. The van der Waals surface area contributed by atoms with E-state index in [2.05, 4.69) is 51.6 Å². The van der Waals surface area contributed by atoms with E-state index in [1.807, 2.05) is 11.3 Å². The lowest BCUT2D eigenvalue weighted by molar-refractivity contribution is 0.371. The van der Waals surface area contributed by atoms with E-state index in [0.29, 0.717) is 12.1 Å². The minimum atomic E-state index is 0.532. The summed E-state index contributed by atoms with van der Waals surface area (Å²) in [5.74, 6) is 0. The highest BCUT2D eigenvalue weighted by Gasteiger charge is 2.27. The molecule has 0 saturated heterocycles. The van der Waals surface area contributed by atoms with Crippen LogP contribution in [-0.4, -0.2) is 0 Å². The molecule has 1 aromatic carbocycles. The maximum Gasteiger partial charge on any atom is 0.0704 e. The minimum absolute atomic E-state index is 0.532. The van der Waals surface area contributed by atoms with Gasteiger partial charge >= 0.3 is 0 Å². The first-order valence-corrected chi connectivity index (χ1v) is 9.54. The molecule has 2 aliphatic carbocycles. The summed E-state index contributed by atoms with van der Waals surface area (Å²) in [6.07, 6.45) is 7.66. The van der Waals surface area contributed by atoms with E-state index in [0.717, 1.165) is 0 Å². The van der Waals surface area contributed by atoms with E-state index in [1.54, 1.807) is 16.0 Å². The second-order valence-corrected chi connectivity index (χ2v) is 8.70. The number of hydrogen-bond donors (Lipinski definition) is 1. The molecule has 0 amide bonds. The van der Waals surface area contributed by atoms with Gasteiger partial charge in [-0.3, -0.25) is 0 Å². The lowest BCUT2D eigenvalue weighted by atomic mass is 9.85. The lowest BCUT2D eigenvalue weighted by Crippen LogP contribution is -2.30. The smallest absolute Gasteiger partial charge is 0.0704 e. The number of halogens is 1. The van der Waals surface area contributed by atoms with Crippen molar-refractivity contribution >= 4 is 27.3 Å². The third kappa shape index (κ3) is 2.71. The summed E-state index contributed by atoms with van der Waals surface area (Å²) in [5.41, 5.74) is 4.62. The largest absolute Gasteiger partial charge is 0.303 e. The first-order chi connectivity index (χ1) is 10.3. The van der Waals surface area contributed by atoms with Crippen LogP contribution in [0.25, 0.3) is 0 Å². The molecular weight excluding hydrogens is 342 g/mol. The Morgan fingerprint density at radius 3 is 2.67 bits per heavy atom. The van der Waals surface area contributed by atoms with Crippen molar-refractivity contribution < 1.29 is 0 Å². The summed E-state index contributed by atoms with van der Waals surface area (Å²) in [6.45, 7) is 0. The topological polar surface area (TPSA) is 12.0 Å². The summed E-state index contributed by atoms with van der Waals surface area (Å²) >= 11 is 5.58. The van der Waals surface area contributed by atoms with Gasteiger partial charge < -0.3 is 5.32 Å². The monoisotopic (exact) mass is 361 g/mol. The number of rotatable bonds is 2. The molecule has 0 fully saturated rings. The average molecular weight is 362 g/mol. The van der Waals surface area contributed by atoms with Gasteiger partial charge in [-0.15, -0.1) is 11.3 Å². The van der Waals surface area contributed by atoms with Crippen LogP contribution < -0.4 is 5.32 Å². The normalized spacial score (nSPS) is 24.4. The predicted octanol–water partition coefficient (Wildman–Crippen LogP) is 5.56. The molecule has 1 N–H and O–H groups in total. The predicted molar refractivity (Wildman–Crippen MR) is 93.0 cm³/mol. The zero-order chi connectivity index (χ0) is 14.2. The summed E-state index contributed by atoms with van der Waals surface area (Å²) in [5, 5.41) is 3.97. The van der Waals surface area contributed by atoms with Crippen molar-refractivity contribution in [2.75, 3.05) is 0 Å². The van der Waals surface area contributed by atoms with Crippen LogP contribution in [0.1, 0.15) is 59.3 Å². The van der Waals surface area contributed by atoms with Gasteiger partial charge in [0, 0.05) is 17.0 Å². The van der Waals surface area contributed by atoms with E-state index in [4.69, 9.17) is 0 Å². The number of hydrogen-bond acceptors (Lipinski definition) is 2. The molecule has 0 bridgehead atoms. The van der Waals surface area contributed by atoms with Crippen molar-refractivity contribution in [2.45, 2.75) is 50.6 Å². The van der Waals surface area contributed by atoms with Crippen molar-refractivity contribution in [1.82, 2.24) is 5.32 Å². The standard InChI is InChI=1S/C18H20BrNS/c19-18-11-14-16(9-4-10-17(14)21-18)20-15-8-3-6-12-5-1-2-7-13(12)15/h1-2,5,7,11,15-16,20H,3-4,6,8-10H2. The zero-order valence-electron chi connectivity index (χ0n) is 12.1. The first kappa shape index (κ1) is 14.0. The van der Waals surface area contributed by atoms with Crippen molar-refractivity contribution in [3.63, 3.8) is 0 Å². The maximum atomic E-state index is 3.97. The molecule has 2 aliphatic rings. The molecule has 0 saturated carbocycles. The van der Waals surface area contributed by atoms with Crippen molar-refractivity contribution in [3.05, 3.63) is 55.7 Å². The fourth-order valence-electron chi connectivity index (χ4n) is 3.86. The molecule has 3 heteroatoms. The van der Waals surface area contributed by atoms with Gasteiger partial charge in [0.2, 0.25) is 0 Å². The van der Waals surface area contributed by atoms with Crippen LogP contribution in [0.5, 0.6) is 0 Å². The molecule has 1 heterocycles. The van der Waals surface area contributed by atoms with Gasteiger partial charge in [0.05, 0.1) is 3.79 Å². The first-order valence-electron chi connectivity index (χ1n) is 7.93. The summed E-state index contributed by atoms with van der Waals surface area (Å²) in [6, 6.07) is 12.4. The van der Waals surface area contributed by atoms with Gasteiger partial charge in [-0.25, -0.2) is 0 Å².